The van der Waals surface area contributed by atoms with Gasteiger partial charge in [-0.15, -0.1) is 0 Å². The molecule has 0 saturated carbocycles. The number of benzene rings is 2. The molecule has 250 valence electrons. The zero-order valence-corrected chi connectivity index (χ0v) is 27.0. The van der Waals surface area contributed by atoms with Gasteiger partial charge in [-0.25, -0.2) is 4.79 Å². The number of esters is 1. The molecule has 10 nitrogen and oxygen atoms in total. The number of rotatable bonds is 25. The zero-order valence-electron chi connectivity index (χ0n) is 27.0. The summed E-state index contributed by atoms with van der Waals surface area (Å²) in [6.07, 6.45) is 4.38. The van der Waals surface area contributed by atoms with Crippen molar-refractivity contribution in [2.45, 2.75) is 44.9 Å². The van der Waals surface area contributed by atoms with Crippen LogP contribution in [0.25, 0.3) is 11.1 Å². The summed E-state index contributed by atoms with van der Waals surface area (Å²) in [7, 11) is 1.71. The van der Waals surface area contributed by atoms with Crippen LogP contribution in [0, 0.1) is 0 Å². The van der Waals surface area contributed by atoms with Gasteiger partial charge >= 0.3 is 12.1 Å². The van der Waals surface area contributed by atoms with Gasteiger partial charge in [0.2, 0.25) is 0 Å². The van der Waals surface area contributed by atoms with E-state index in [4.69, 9.17) is 33.2 Å². The van der Waals surface area contributed by atoms with E-state index in [0.29, 0.717) is 85.6 Å². The highest BCUT2D eigenvalue weighted by atomic mass is 16.6. The van der Waals surface area contributed by atoms with Crippen molar-refractivity contribution in [1.82, 2.24) is 4.90 Å². The molecule has 0 saturated heterocycles. The third kappa shape index (κ3) is 13.9. The molecule has 1 amide bonds. The molecule has 0 N–H and O–H groups in total. The molecule has 0 aromatic heterocycles. The number of likely N-dealkylation sites (N-methyl/N-ethyl adjacent to an activating group) is 1. The van der Waals surface area contributed by atoms with Crippen LogP contribution < -0.4 is 0 Å². The number of hydrogen-bond donors (Lipinski definition) is 0. The first kappa shape index (κ1) is 36.4. The van der Waals surface area contributed by atoms with Crippen molar-refractivity contribution < 1.29 is 42.7 Å². The van der Waals surface area contributed by atoms with Crippen LogP contribution in [-0.2, 0) is 38.0 Å². The Hall–Kier alpha value is -3.02. The molecule has 0 aliphatic heterocycles. The van der Waals surface area contributed by atoms with Crippen LogP contribution in [0.1, 0.15) is 56.1 Å². The van der Waals surface area contributed by atoms with E-state index in [1.807, 2.05) is 24.3 Å². The molecule has 2 aromatic rings. The zero-order chi connectivity index (χ0) is 32.0. The van der Waals surface area contributed by atoms with Crippen molar-refractivity contribution in [3.8, 4) is 11.1 Å². The summed E-state index contributed by atoms with van der Waals surface area (Å²) in [4.78, 5) is 25.7. The summed E-state index contributed by atoms with van der Waals surface area (Å²) in [5, 5.41) is 0. The Morgan fingerprint density at radius 2 is 1.11 bits per heavy atom. The Balaban J connectivity index is 1.07. The third-order valence-electron chi connectivity index (χ3n) is 7.43. The fourth-order valence-electron chi connectivity index (χ4n) is 4.96. The van der Waals surface area contributed by atoms with Crippen LogP contribution >= 0.6 is 0 Å². The maximum Gasteiger partial charge on any atom is 0.409 e. The molecule has 0 bridgehead atoms. The van der Waals surface area contributed by atoms with Gasteiger partial charge in [0.25, 0.3) is 0 Å². The van der Waals surface area contributed by atoms with Crippen LogP contribution in [-0.4, -0.2) is 110 Å². The van der Waals surface area contributed by atoms with Gasteiger partial charge in [-0.3, -0.25) is 4.79 Å². The first-order chi connectivity index (χ1) is 22.1. The van der Waals surface area contributed by atoms with Gasteiger partial charge in [0.1, 0.15) is 13.2 Å². The summed E-state index contributed by atoms with van der Waals surface area (Å²) in [5.74, 6) is -0.116. The van der Waals surface area contributed by atoms with E-state index in [9.17, 15) is 9.59 Å². The van der Waals surface area contributed by atoms with Gasteiger partial charge in [-0.2, -0.15) is 0 Å². The lowest BCUT2D eigenvalue weighted by atomic mass is 9.98. The summed E-state index contributed by atoms with van der Waals surface area (Å²) in [5.41, 5.74) is 4.80. The van der Waals surface area contributed by atoms with E-state index in [1.54, 1.807) is 7.05 Å². The van der Waals surface area contributed by atoms with Crippen molar-refractivity contribution in [2.75, 3.05) is 92.9 Å². The molecule has 1 aliphatic rings. The Kier molecular flexibility index (Phi) is 18.2. The Morgan fingerprint density at radius 3 is 1.64 bits per heavy atom. The van der Waals surface area contributed by atoms with E-state index >= 15 is 0 Å². The molecule has 0 atom stereocenters. The summed E-state index contributed by atoms with van der Waals surface area (Å²) in [6, 6.07) is 16.6. The fraction of sp³-hybridized carbons (Fsp3) is 0.600. The van der Waals surface area contributed by atoms with E-state index in [1.165, 1.54) is 27.2 Å². The van der Waals surface area contributed by atoms with Crippen molar-refractivity contribution in [2.24, 2.45) is 0 Å². The molecular weight excluding hydrogens is 578 g/mol. The smallest absolute Gasteiger partial charge is 0.409 e. The third-order valence-corrected chi connectivity index (χ3v) is 7.43. The number of amides is 1. The SMILES string of the molecule is CCCCCCC(=O)OCCOCCOCCOCCOCCOCCN(C)C(=O)OCC1c2ccccc2-c2ccccc21. The monoisotopic (exact) mass is 629 g/mol. The van der Waals surface area contributed by atoms with E-state index in [2.05, 4.69) is 31.2 Å². The lowest BCUT2D eigenvalue weighted by Gasteiger charge is -2.19. The fourth-order valence-corrected chi connectivity index (χ4v) is 4.96. The Bertz CT molecular complexity index is 1070. The van der Waals surface area contributed by atoms with Crippen LogP contribution in [0.3, 0.4) is 0 Å². The highest BCUT2D eigenvalue weighted by Gasteiger charge is 2.29. The number of hydrogen-bond acceptors (Lipinski definition) is 9. The second-order valence-electron chi connectivity index (χ2n) is 10.8. The molecule has 0 spiro atoms. The lowest BCUT2D eigenvalue weighted by molar-refractivity contribution is -0.145. The van der Waals surface area contributed by atoms with Crippen molar-refractivity contribution >= 4 is 12.1 Å². The summed E-state index contributed by atoms with van der Waals surface area (Å²) >= 11 is 0. The van der Waals surface area contributed by atoms with Gasteiger partial charge in [-0.05, 0) is 28.7 Å². The van der Waals surface area contributed by atoms with E-state index in [0.717, 1.165) is 25.7 Å². The Morgan fingerprint density at radius 1 is 0.622 bits per heavy atom. The number of unbranched alkanes of at least 4 members (excludes halogenated alkanes) is 3. The minimum absolute atomic E-state index is 0.0410. The topological polar surface area (TPSA) is 102 Å². The largest absolute Gasteiger partial charge is 0.463 e. The van der Waals surface area contributed by atoms with Gasteiger partial charge < -0.3 is 38.1 Å². The maximum atomic E-state index is 12.6. The number of ether oxygens (including phenoxy) is 7. The highest BCUT2D eigenvalue weighted by molar-refractivity contribution is 5.79. The molecule has 0 radical (unpaired) electrons. The Labute approximate surface area is 268 Å². The summed E-state index contributed by atoms with van der Waals surface area (Å²) < 4.78 is 38.3. The highest BCUT2D eigenvalue weighted by Crippen LogP contribution is 2.44. The van der Waals surface area contributed by atoms with Gasteiger partial charge in [0.15, 0.2) is 0 Å². The van der Waals surface area contributed by atoms with E-state index < -0.39 is 0 Å². The van der Waals surface area contributed by atoms with Crippen LogP contribution in [0.4, 0.5) is 4.79 Å². The molecule has 3 rings (SSSR count). The molecule has 2 aromatic carbocycles. The maximum absolute atomic E-state index is 12.6. The standard InChI is InChI=1S/C35H51NO9/c1-3-4-5-6-15-34(37)44-27-26-43-25-24-42-23-22-41-21-20-40-19-18-39-17-16-36(2)35(38)45-28-33-31-13-9-7-11-29(31)30-12-8-10-14-32(30)33/h7-14,33H,3-6,15-28H2,1-2H3. The quantitative estimate of drug-likeness (QED) is 0.105. The summed E-state index contributed by atoms with van der Waals surface area (Å²) in [6.45, 7) is 7.56. The molecule has 0 fully saturated rings. The molecule has 0 unspecified atom stereocenters. The predicted octanol–water partition coefficient (Wildman–Crippen LogP) is 5.46. The minimum atomic E-state index is -0.364. The number of carbonyl (C=O) groups excluding carboxylic acids is 2. The van der Waals surface area contributed by atoms with Crippen molar-refractivity contribution in [3.05, 3.63) is 59.7 Å². The average Bonchev–Trinajstić information content (AvgIpc) is 3.38. The van der Waals surface area contributed by atoms with Gasteiger partial charge in [0.05, 0.1) is 66.1 Å². The molecule has 0 heterocycles. The van der Waals surface area contributed by atoms with Crippen molar-refractivity contribution in [3.63, 3.8) is 0 Å². The first-order valence-electron chi connectivity index (χ1n) is 16.2. The number of carbonyl (C=O) groups is 2. The molecular formula is C35H51NO9. The van der Waals surface area contributed by atoms with Crippen molar-refractivity contribution in [1.29, 1.82) is 0 Å². The van der Waals surface area contributed by atoms with Gasteiger partial charge in [-0.1, -0.05) is 74.7 Å². The van der Waals surface area contributed by atoms with Crippen LogP contribution in [0.15, 0.2) is 48.5 Å². The second kappa shape index (κ2) is 22.5. The molecule has 10 heteroatoms. The van der Waals surface area contributed by atoms with Crippen LogP contribution in [0.5, 0.6) is 0 Å². The van der Waals surface area contributed by atoms with Gasteiger partial charge in [0, 0.05) is 25.9 Å². The van der Waals surface area contributed by atoms with E-state index in [-0.39, 0.29) is 24.6 Å². The number of nitrogens with zero attached hydrogens (tertiary/aromatic N) is 1. The average molecular weight is 630 g/mol. The predicted molar refractivity (Wildman–Crippen MR) is 172 cm³/mol. The minimum Gasteiger partial charge on any atom is -0.463 e. The van der Waals surface area contributed by atoms with Crippen LogP contribution in [0.2, 0.25) is 0 Å². The molecule has 1 aliphatic carbocycles. The second-order valence-corrected chi connectivity index (χ2v) is 10.8. The molecule has 45 heavy (non-hydrogen) atoms. The normalized spacial score (nSPS) is 12.1. The first-order valence-corrected chi connectivity index (χ1v) is 16.2. The lowest BCUT2D eigenvalue weighted by Crippen LogP contribution is -2.32. The number of fused-ring (bicyclic) bond motifs is 3.